The molecule has 18 heteroatoms. The highest BCUT2D eigenvalue weighted by atomic mass is 32.1. The first-order chi connectivity index (χ1) is 34.1. The van der Waals surface area contributed by atoms with Gasteiger partial charge in [0.2, 0.25) is 17.7 Å². The molecular formula is C54H58F3N7O7S. The summed E-state index contributed by atoms with van der Waals surface area (Å²) >= 11 is 5.67. The Labute approximate surface area is 422 Å². The number of nitrogens with one attached hydrogen (secondary N) is 2. The van der Waals surface area contributed by atoms with E-state index in [9.17, 15) is 37.6 Å². The number of unbranched alkanes of at least 4 members (excludes halogenated alkanes) is 1. The van der Waals surface area contributed by atoms with Crippen molar-refractivity contribution in [3.05, 3.63) is 120 Å². The third-order valence-electron chi connectivity index (χ3n) is 12.9. The molecule has 2 fully saturated rings. The standard InChI is InChI=1S/C54H58F3N7O7S/c1-33(35-12-14-38(15-13-35)46-34(2)59-32-71-46)60-48(66)44-11-10-26-62(44)49(67)47(52(3,4)5)61-45(65)31-69-27-8-9-28-70-42-24-19-37(20-25-42)36-16-21-40(22-17-36)64-51(72)63(50(68)53(64,6)7)41-23-18-39(30-58)43(29-41)54(55,56)57/h12-25,29,32-33,44,47H,8-11,26-28,31H2,1-7H3,(H,60,66)(H,61,65)/t33-,44-,47?/m0/s1. The number of carbonyl (C=O) groups excluding carboxylic acids is 4. The summed E-state index contributed by atoms with van der Waals surface area (Å²) in [6, 6.07) is 25.3. The maximum atomic E-state index is 14.0. The number of rotatable bonds is 17. The number of carbonyl (C=O) groups is 4. The second-order valence-corrected chi connectivity index (χ2v) is 19.9. The van der Waals surface area contributed by atoms with Crippen LogP contribution in [-0.2, 0) is 30.1 Å². The smallest absolute Gasteiger partial charge is 0.417 e. The third-order valence-corrected chi connectivity index (χ3v) is 13.3. The van der Waals surface area contributed by atoms with Crippen LogP contribution in [0.2, 0.25) is 0 Å². The quantitative estimate of drug-likeness (QED) is 0.0672. The predicted molar refractivity (Wildman–Crippen MR) is 270 cm³/mol. The Bertz CT molecular complexity index is 2840. The van der Waals surface area contributed by atoms with Crippen molar-refractivity contribution in [3.63, 3.8) is 0 Å². The van der Waals surface area contributed by atoms with Crippen molar-refractivity contribution < 1.29 is 46.2 Å². The van der Waals surface area contributed by atoms with E-state index in [0.29, 0.717) is 62.6 Å². The molecule has 1 unspecified atom stereocenters. The second kappa shape index (κ2) is 21.7. The number of halogens is 3. The van der Waals surface area contributed by atoms with Gasteiger partial charge >= 0.3 is 6.18 Å². The first-order valence-electron chi connectivity index (χ1n) is 23.7. The van der Waals surface area contributed by atoms with E-state index in [1.54, 1.807) is 41.8 Å². The van der Waals surface area contributed by atoms with Gasteiger partial charge in [0.1, 0.15) is 30.0 Å². The minimum Gasteiger partial charge on any atom is -0.494 e. The van der Waals surface area contributed by atoms with Gasteiger partial charge in [-0.1, -0.05) is 69.3 Å². The number of hydrogen-bond acceptors (Lipinski definition) is 10. The molecule has 72 heavy (non-hydrogen) atoms. The van der Waals surface area contributed by atoms with Crippen LogP contribution in [0.1, 0.15) is 95.7 Å². The van der Waals surface area contributed by atoms with E-state index in [1.807, 2.05) is 95.3 Å². The number of ether oxygens (including phenoxy) is 2. The largest absolute Gasteiger partial charge is 0.494 e. The van der Waals surface area contributed by atoms with E-state index in [0.717, 1.165) is 45.0 Å². The average molecular weight is 1010 g/mol. The molecular weight excluding hydrogens is 948 g/mol. The van der Waals surface area contributed by atoms with Crippen molar-refractivity contribution in [2.75, 3.05) is 36.2 Å². The Morgan fingerprint density at radius 3 is 2.15 bits per heavy atom. The van der Waals surface area contributed by atoms with Gasteiger partial charge in [-0.2, -0.15) is 18.4 Å². The lowest BCUT2D eigenvalue weighted by Gasteiger charge is -2.35. The van der Waals surface area contributed by atoms with Crippen LogP contribution in [0.3, 0.4) is 0 Å². The molecule has 0 spiro atoms. The van der Waals surface area contributed by atoms with Crippen LogP contribution in [0, 0.1) is 23.7 Å². The molecule has 0 saturated carbocycles. The van der Waals surface area contributed by atoms with Gasteiger partial charge in [0.05, 0.1) is 41.2 Å². The Morgan fingerprint density at radius 2 is 1.54 bits per heavy atom. The highest BCUT2D eigenvalue weighted by Crippen LogP contribution is 2.40. The molecule has 0 radical (unpaired) electrons. The number of amides is 4. The summed E-state index contributed by atoms with van der Waals surface area (Å²) in [6.45, 7) is 13.6. The topological polar surface area (TPSA) is 170 Å². The minimum absolute atomic E-state index is 0.00776. The summed E-state index contributed by atoms with van der Waals surface area (Å²) in [5, 5.41) is 15.2. The molecule has 1 aromatic heterocycles. The first-order valence-corrected chi connectivity index (χ1v) is 24.1. The maximum Gasteiger partial charge on any atom is 0.417 e. The fourth-order valence-electron chi connectivity index (χ4n) is 8.88. The lowest BCUT2D eigenvalue weighted by Crippen LogP contribution is -2.58. The van der Waals surface area contributed by atoms with Crippen LogP contribution in [0.25, 0.3) is 22.5 Å². The Morgan fingerprint density at radius 1 is 0.917 bits per heavy atom. The molecule has 2 aliphatic rings. The van der Waals surface area contributed by atoms with Crippen LogP contribution in [0.5, 0.6) is 5.75 Å². The SMILES string of the molecule is Cc1ncoc1-c1ccc([C@H](C)NC(=O)[C@@H]2CCCN2C(=O)C(NC(=O)COCCCCOc2ccc(-c3ccc(N4C(=S)N(c5ccc(C#N)c(C(F)(F)F)c5)C(=O)C4(C)C)cc3)cc2)C(C)(C)C)cc1. The Hall–Kier alpha value is -7.10. The number of aryl methyl sites for hydroxylation is 1. The first kappa shape index (κ1) is 52.7. The van der Waals surface area contributed by atoms with Crippen LogP contribution >= 0.6 is 12.2 Å². The summed E-state index contributed by atoms with van der Waals surface area (Å²) in [5.41, 5.74) is 1.25. The molecule has 4 amide bonds. The predicted octanol–water partition coefficient (Wildman–Crippen LogP) is 9.70. The monoisotopic (exact) mass is 1010 g/mol. The Kier molecular flexibility index (Phi) is 15.9. The molecule has 3 atom stereocenters. The number of likely N-dealkylation sites (tertiary alicyclic amines) is 1. The average Bonchev–Trinajstić information content (AvgIpc) is 4.06. The maximum absolute atomic E-state index is 14.0. The number of anilines is 2. The van der Waals surface area contributed by atoms with Crippen LogP contribution < -0.4 is 25.2 Å². The van der Waals surface area contributed by atoms with Crippen molar-refractivity contribution in [1.82, 2.24) is 20.5 Å². The molecule has 0 bridgehead atoms. The molecule has 0 aliphatic carbocycles. The zero-order valence-corrected chi connectivity index (χ0v) is 42.1. The summed E-state index contributed by atoms with van der Waals surface area (Å²) in [7, 11) is 0. The van der Waals surface area contributed by atoms with Gasteiger partial charge in [-0.3, -0.25) is 24.1 Å². The normalized spacial score (nSPS) is 16.6. The summed E-state index contributed by atoms with van der Waals surface area (Å²) in [5.74, 6) is -0.152. The lowest BCUT2D eigenvalue weighted by molar-refractivity contribution is -0.144. The molecule has 4 aromatic carbocycles. The molecule has 3 heterocycles. The summed E-state index contributed by atoms with van der Waals surface area (Å²) < 4.78 is 58.4. The highest BCUT2D eigenvalue weighted by Gasteiger charge is 2.51. The van der Waals surface area contributed by atoms with Crippen molar-refractivity contribution >= 4 is 52.3 Å². The van der Waals surface area contributed by atoms with E-state index >= 15 is 0 Å². The fourth-order valence-corrected chi connectivity index (χ4v) is 9.40. The van der Waals surface area contributed by atoms with Crippen molar-refractivity contribution in [2.45, 2.75) is 104 Å². The van der Waals surface area contributed by atoms with Gasteiger partial charge in [-0.15, -0.1) is 0 Å². The molecule has 2 aliphatic heterocycles. The second-order valence-electron chi connectivity index (χ2n) is 19.5. The van der Waals surface area contributed by atoms with Gasteiger partial charge in [0.25, 0.3) is 5.91 Å². The zero-order chi connectivity index (χ0) is 52.1. The number of nitrogens with zero attached hydrogens (tertiary/aromatic N) is 5. The molecule has 7 rings (SSSR count). The third kappa shape index (κ3) is 11.6. The van der Waals surface area contributed by atoms with Gasteiger partial charge < -0.3 is 34.3 Å². The summed E-state index contributed by atoms with van der Waals surface area (Å²) in [4.78, 5) is 62.8. The summed E-state index contributed by atoms with van der Waals surface area (Å²) in [6.07, 6.45) is -0.940. The number of nitriles is 1. The number of benzene rings is 4. The van der Waals surface area contributed by atoms with E-state index in [-0.39, 0.29) is 35.3 Å². The molecule has 5 aromatic rings. The van der Waals surface area contributed by atoms with Crippen LogP contribution in [0.15, 0.2) is 102 Å². The lowest BCUT2D eigenvalue weighted by atomic mass is 9.85. The van der Waals surface area contributed by atoms with Crippen LogP contribution in [0.4, 0.5) is 24.5 Å². The van der Waals surface area contributed by atoms with Crippen molar-refractivity contribution in [1.29, 1.82) is 5.26 Å². The van der Waals surface area contributed by atoms with Crippen molar-refractivity contribution in [2.24, 2.45) is 5.41 Å². The van der Waals surface area contributed by atoms with Gasteiger partial charge in [-0.05, 0) is 130 Å². The molecule has 378 valence electrons. The highest BCUT2D eigenvalue weighted by molar-refractivity contribution is 7.81. The van der Waals surface area contributed by atoms with Gasteiger partial charge in [0.15, 0.2) is 17.3 Å². The number of thiocarbonyl (C=S) groups is 1. The van der Waals surface area contributed by atoms with Crippen molar-refractivity contribution in [3.8, 4) is 34.3 Å². The fraction of sp³-hybridized carbons (Fsp3) is 0.389. The molecule has 2 N–H and O–H groups in total. The molecule has 14 nitrogen and oxygen atoms in total. The number of oxazole rings is 1. The van der Waals surface area contributed by atoms with E-state index in [2.05, 4.69) is 15.6 Å². The van der Waals surface area contributed by atoms with E-state index in [1.165, 1.54) is 12.5 Å². The van der Waals surface area contributed by atoms with E-state index < -0.39 is 52.2 Å². The van der Waals surface area contributed by atoms with Gasteiger partial charge in [-0.25, -0.2) is 4.98 Å². The minimum atomic E-state index is -4.80. The van der Waals surface area contributed by atoms with Gasteiger partial charge in [0, 0.05) is 24.4 Å². The Balaban J connectivity index is 0.839. The number of aromatic nitrogens is 1. The number of hydrogen-bond donors (Lipinski definition) is 2. The van der Waals surface area contributed by atoms with Crippen LogP contribution in [-0.4, -0.2) is 82.6 Å². The molecule has 2 saturated heterocycles. The zero-order valence-electron chi connectivity index (χ0n) is 41.3. The number of alkyl halides is 3. The van der Waals surface area contributed by atoms with E-state index in [4.69, 9.17) is 26.1 Å².